The molecule has 0 radical (unpaired) electrons. The molecule has 1 aliphatic rings. The Bertz CT molecular complexity index is 456. The van der Waals surface area contributed by atoms with Gasteiger partial charge in [-0.1, -0.05) is 18.0 Å². The van der Waals surface area contributed by atoms with E-state index >= 15 is 0 Å². The molecule has 0 spiro atoms. The molecule has 2 atom stereocenters. The first kappa shape index (κ1) is 16.8. The van der Waals surface area contributed by atoms with Crippen molar-refractivity contribution in [3.05, 3.63) is 27.7 Å². The summed E-state index contributed by atoms with van der Waals surface area (Å²) in [7, 11) is 0. The lowest BCUT2D eigenvalue weighted by atomic mass is 9.95. The fraction of sp³-hybridized carbons (Fsp3) is 0.462. The van der Waals surface area contributed by atoms with Crippen molar-refractivity contribution in [2.45, 2.75) is 19.3 Å². The summed E-state index contributed by atoms with van der Waals surface area (Å²) in [4.78, 5) is 12.2. The van der Waals surface area contributed by atoms with Gasteiger partial charge < -0.3 is 11.1 Å². The summed E-state index contributed by atoms with van der Waals surface area (Å²) >= 11 is 9.26. The molecule has 1 amide bonds. The van der Waals surface area contributed by atoms with E-state index in [2.05, 4.69) is 21.2 Å². The third kappa shape index (κ3) is 4.09. The van der Waals surface area contributed by atoms with Crippen molar-refractivity contribution < 1.29 is 4.79 Å². The number of amides is 1. The van der Waals surface area contributed by atoms with E-state index in [-0.39, 0.29) is 24.2 Å². The van der Waals surface area contributed by atoms with E-state index in [4.69, 9.17) is 17.3 Å². The van der Waals surface area contributed by atoms with Crippen LogP contribution in [0.1, 0.15) is 19.3 Å². The minimum Gasteiger partial charge on any atom is -0.330 e. The van der Waals surface area contributed by atoms with Gasteiger partial charge in [-0.25, -0.2) is 0 Å². The van der Waals surface area contributed by atoms with E-state index in [1.807, 2.05) is 6.07 Å². The summed E-state index contributed by atoms with van der Waals surface area (Å²) in [6.07, 6.45) is 3.08. The number of carbonyl (C=O) groups is 1. The van der Waals surface area contributed by atoms with Crippen LogP contribution >= 0.6 is 39.9 Å². The van der Waals surface area contributed by atoms with Gasteiger partial charge in [-0.05, 0) is 59.4 Å². The molecule has 19 heavy (non-hydrogen) atoms. The van der Waals surface area contributed by atoms with Crippen LogP contribution in [-0.4, -0.2) is 12.5 Å². The highest BCUT2D eigenvalue weighted by atomic mass is 79.9. The van der Waals surface area contributed by atoms with Gasteiger partial charge in [-0.2, -0.15) is 0 Å². The highest BCUT2D eigenvalue weighted by Gasteiger charge is 2.31. The van der Waals surface area contributed by atoms with Gasteiger partial charge in [-0.15, -0.1) is 12.4 Å². The van der Waals surface area contributed by atoms with Crippen LogP contribution in [0.3, 0.4) is 0 Å². The second-order valence-corrected chi connectivity index (χ2v) is 5.91. The lowest BCUT2D eigenvalue weighted by Crippen LogP contribution is -2.29. The summed E-state index contributed by atoms with van der Waals surface area (Å²) in [5, 5.41) is 3.57. The number of nitrogens with two attached hydrogens (primary N) is 1. The molecule has 0 unspecified atom stereocenters. The number of rotatable bonds is 3. The zero-order valence-electron chi connectivity index (χ0n) is 10.4. The Morgan fingerprint density at radius 2 is 2.21 bits per heavy atom. The standard InChI is InChI=1S/C13H16BrClN2O.ClH/c14-11-6-9(4-5-12(11)15)17-13(18)10-3-1-2-8(10)7-16;/h4-6,8,10H,1-3,7,16H2,(H,17,18);1H/t8-,10-;/m1./s1. The third-order valence-corrected chi connectivity index (χ3v) is 4.70. The van der Waals surface area contributed by atoms with Crippen LogP contribution in [0.25, 0.3) is 0 Å². The number of carbonyl (C=O) groups excluding carboxylic acids is 1. The number of halogens is 3. The van der Waals surface area contributed by atoms with Crippen LogP contribution < -0.4 is 11.1 Å². The first-order valence-corrected chi connectivity index (χ1v) is 7.25. The van der Waals surface area contributed by atoms with Crippen molar-refractivity contribution in [3.8, 4) is 0 Å². The van der Waals surface area contributed by atoms with Gasteiger partial charge in [0.1, 0.15) is 0 Å². The van der Waals surface area contributed by atoms with Gasteiger partial charge in [0.15, 0.2) is 0 Å². The van der Waals surface area contributed by atoms with Crippen molar-refractivity contribution >= 4 is 51.5 Å². The van der Waals surface area contributed by atoms with Crippen LogP contribution in [0.4, 0.5) is 5.69 Å². The van der Waals surface area contributed by atoms with E-state index in [1.165, 1.54) is 0 Å². The number of benzene rings is 1. The number of anilines is 1. The minimum absolute atomic E-state index is 0. The molecule has 0 bridgehead atoms. The van der Waals surface area contributed by atoms with Crippen LogP contribution in [0, 0.1) is 11.8 Å². The van der Waals surface area contributed by atoms with Gasteiger partial charge in [0.25, 0.3) is 0 Å². The molecule has 0 saturated heterocycles. The second kappa shape index (κ2) is 7.48. The number of nitrogens with one attached hydrogen (secondary N) is 1. The van der Waals surface area contributed by atoms with Crippen molar-refractivity contribution in [2.75, 3.05) is 11.9 Å². The van der Waals surface area contributed by atoms with Crippen LogP contribution in [0.5, 0.6) is 0 Å². The Hall–Kier alpha value is -0.290. The Morgan fingerprint density at radius 1 is 1.47 bits per heavy atom. The van der Waals surface area contributed by atoms with Crippen LogP contribution in [0.15, 0.2) is 22.7 Å². The zero-order chi connectivity index (χ0) is 13.1. The Labute approximate surface area is 132 Å². The monoisotopic (exact) mass is 366 g/mol. The number of hydrogen-bond acceptors (Lipinski definition) is 2. The lowest BCUT2D eigenvalue weighted by molar-refractivity contribution is -0.120. The normalized spacial score (nSPS) is 21.8. The Morgan fingerprint density at radius 3 is 2.84 bits per heavy atom. The average Bonchev–Trinajstić information content (AvgIpc) is 2.82. The second-order valence-electron chi connectivity index (χ2n) is 4.65. The molecular weight excluding hydrogens is 351 g/mol. The highest BCUT2D eigenvalue weighted by molar-refractivity contribution is 9.10. The molecule has 6 heteroatoms. The molecule has 106 valence electrons. The quantitative estimate of drug-likeness (QED) is 0.852. The zero-order valence-corrected chi connectivity index (χ0v) is 13.5. The van der Waals surface area contributed by atoms with Crippen molar-refractivity contribution in [2.24, 2.45) is 17.6 Å². The van der Waals surface area contributed by atoms with Crippen molar-refractivity contribution in [1.82, 2.24) is 0 Å². The van der Waals surface area contributed by atoms with E-state index in [0.29, 0.717) is 17.5 Å². The fourth-order valence-corrected chi connectivity index (χ4v) is 2.97. The predicted molar refractivity (Wildman–Crippen MR) is 84.9 cm³/mol. The van der Waals surface area contributed by atoms with Gasteiger partial charge in [0.05, 0.1) is 5.02 Å². The first-order chi connectivity index (χ1) is 8.61. The average molecular weight is 368 g/mol. The van der Waals surface area contributed by atoms with Gasteiger partial charge in [-0.3, -0.25) is 4.79 Å². The maximum atomic E-state index is 12.2. The topological polar surface area (TPSA) is 55.1 Å². The Kier molecular flexibility index (Phi) is 6.60. The largest absolute Gasteiger partial charge is 0.330 e. The smallest absolute Gasteiger partial charge is 0.227 e. The summed E-state index contributed by atoms with van der Waals surface area (Å²) in [6, 6.07) is 5.38. The molecule has 0 heterocycles. The summed E-state index contributed by atoms with van der Waals surface area (Å²) in [6.45, 7) is 0.586. The number of hydrogen-bond donors (Lipinski definition) is 2. The molecule has 1 aliphatic carbocycles. The third-order valence-electron chi connectivity index (χ3n) is 3.49. The maximum absolute atomic E-state index is 12.2. The van der Waals surface area contributed by atoms with Crippen molar-refractivity contribution in [3.63, 3.8) is 0 Å². The van der Waals surface area contributed by atoms with E-state index < -0.39 is 0 Å². The summed E-state index contributed by atoms with van der Waals surface area (Å²) < 4.78 is 0.781. The van der Waals surface area contributed by atoms with Gasteiger partial charge in [0.2, 0.25) is 5.91 Å². The first-order valence-electron chi connectivity index (χ1n) is 6.08. The molecule has 1 aromatic rings. The lowest BCUT2D eigenvalue weighted by Gasteiger charge is -2.17. The van der Waals surface area contributed by atoms with Crippen molar-refractivity contribution in [1.29, 1.82) is 0 Å². The highest BCUT2D eigenvalue weighted by Crippen LogP contribution is 2.32. The predicted octanol–water partition coefficient (Wildman–Crippen LogP) is 3.84. The van der Waals surface area contributed by atoms with E-state index in [9.17, 15) is 4.79 Å². The van der Waals surface area contributed by atoms with E-state index in [0.717, 1.165) is 29.4 Å². The molecule has 3 N–H and O–H groups in total. The minimum atomic E-state index is 0. The molecule has 1 aromatic carbocycles. The molecular formula is C13H17BrCl2N2O. The Balaban J connectivity index is 0.00000180. The molecule has 1 saturated carbocycles. The SMILES string of the molecule is Cl.NC[C@H]1CCC[C@H]1C(=O)Nc1ccc(Cl)c(Br)c1. The molecule has 3 nitrogen and oxygen atoms in total. The molecule has 2 rings (SSSR count). The van der Waals surface area contributed by atoms with Gasteiger partial charge >= 0.3 is 0 Å². The fourth-order valence-electron chi connectivity index (χ4n) is 2.47. The maximum Gasteiger partial charge on any atom is 0.227 e. The summed E-state index contributed by atoms with van der Waals surface area (Å²) in [5.41, 5.74) is 6.46. The van der Waals surface area contributed by atoms with E-state index in [1.54, 1.807) is 12.1 Å². The molecule has 0 aliphatic heterocycles. The molecule has 0 aromatic heterocycles. The van der Waals surface area contributed by atoms with Crippen LogP contribution in [0.2, 0.25) is 5.02 Å². The van der Waals surface area contributed by atoms with Crippen LogP contribution in [-0.2, 0) is 4.79 Å². The molecule has 1 fully saturated rings. The van der Waals surface area contributed by atoms with Gasteiger partial charge in [0, 0.05) is 16.1 Å². The summed E-state index contributed by atoms with van der Waals surface area (Å²) in [5.74, 6) is 0.433.